The third kappa shape index (κ3) is 6.27. The molecule has 5 nitrogen and oxygen atoms in total. The van der Waals surface area contributed by atoms with E-state index in [1.165, 1.54) is 18.2 Å². The zero-order valence-corrected chi connectivity index (χ0v) is 20.4. The maximum absolute atomic E-state index is 13.1. The van der Waals surface area contributed by atoms with Crippen LogP contribution in [0.25, 0.3) is 5.57 Å². The van der Waals surface area contributed by atoms with Crippen molar-refractivity contribution in [3.8, 4) is 0 Å². The van der Waals surface area contributed by atoms with Crippen LogP contribution in [0.15, 0.2) is 85.0 Å². The van der Waals surface area contributed by atoms with Gasteiger partial charge in [-0.05, 0) is 65.1 Å². The predicted octanol–water partition coefficient (Wildman–Crippen LogP) is 6.28. The van der Waals surface area contributed by atoms with E-state index in [-0.39, 0.29) is 11.8 Å². The van der Waals surface area contributed by atoms with Gasteiger partial charge in [-0.25, -0.2) is 0 Å². The number of carbonyl (C=O) groups excluding carboxylic acids is 2. The Bertz CT molecular complexity index is 1360. The number of nitrogens with zero attached hydrogens (tertiary/aromatic N) is 1. The van der Waals surface area contributed by atoms with Gasteiger partial charge in [0.1, 0.15) is 0 Å². The summed E-state index contributed by atoms with van der Waals surface area (Å²) in [4.78, 5) is 26.2. The Morgan fingerprint density at radius 1 is 0.946 bits per heavy atom. The lowest BCUT2D eigenvalue weighted by Gasteiger charge is -2.19. The SMILES string of the molecule is CN(C)c1ccc(/C(=C/C=C/C(=O)Nc2cccc3c2CCC(=O)N3)c2ccc(C(F)(F)F)cc2)cc1. The normalized spacial score (nSPS) is 13.8. The lowest BCUT2D eigenvalue weighted by Crippen LogP contribution is -2.21. The fraction of sp³-hybridized carbons (Fsp3) is 0.172. The van der Waals surface area contributed by atoms with Gasteiger partial charge >= 0.3 is 6.18 Å². The lowest BCUT2D eigenvalue weighted by molar-refractivity contribution is -0.137. The second-order valence-corrected chi connectivity index (χ2v) is 8.82. The maximum Gasteiger partial charge on any atom is 0.416 e. The zero-order valence-electron chi connectivity index (χ0n) is 20.4. The molecule has 1 aliphatic heterocycles. The van der Waals surface area contributed by atoms with Gasteiger partial charge in [0, 0.05) is 43.7 Å². The van der Waals surface area contributed by atoms with E-state index >= 15 is 0 Å². The molecule has 190 valence electrons. The van der Waals surface area contributed by atoms with Crippen molar-refractivity contribution >= 4 is 34.4 Å². The molecule has 0 bridgehead atoms. The van der Waals surface area contributed by atoms with Crippen LogP contribution in [0.3, 0.4) is 0 Å². The number of alkyl halides is 3. The van der Waals surface area contributed by atoms with Gasteiger partial charge in [-0.1, -0.05) is 42.5 Å². The number of halogens is 3. The summed E-state index contributed by atoms with van der Waals surface area (Å²) in [6, 6.07) is 17.9. The Kier molecular flexibility index (Phi) is 7.47. The molecule has 1 aliphatic rings. The number of nitrogens with one attached hydrogen (secondary N) is 2. The van der Waals surface area contributed by atoms with E-state index in [0.717, 1.165) is 28.9 Å². The standard InChI is InChI=1S/C29H26F3N3O2/c1-35(2)22-15-11-20(12-16-22)23(19-9-13-21(14-10-19)29(30,31)32)5-3-8-27(36)33-25-6-4-7-26-24(25)17-18-28(37)34-26/h3-16H,17-18H2,1-2H3,(H,33,36)(H,34,37)/b8-3+,23-5+. The van der Waals surface area contributed by atoms with E-state index in [1.54, 1.807) is 30.4 Å². The van der Waals surface area contributed by atoms with E-state index < -0.39 is 11.7 Å². The van der Waals surface area contributed by atoms with Crippen molar-refractivity contribution in [2.24, 2.45) is 0 Å². The van der Waals surface area contributed by atoms with Crippen molar-refractivity contribution in [2.75, 3.05) is 29.6 Å². The summed E-state index contributed by atoms with van der Waals surface area (Å²) < 4.78 is 39.2. The van der Waals surface area contributed by atoms with Crippen LogP contribution < -0.4 is 15.5 Å². The molecule has 1 heterocycles. The van der Waals surface area contributed by atoms with Crippen LogP contribution in [0.2, 0.25) is 0 Å². The highest BCUT2D eigenvalue weighted by Crippen LogP contribution is 2.32. The summed E-state index contributed by atoms with van der Waals surface area (Å²) in [7, 11) is 3.83. The molecular weight excluding hydrogens is 479 g/mol. The molecule has 0 unspecified atom stereocenters. The van der Waals surface area contributed by atoms with E-state index in [4.69, 9.17) is 0 Å². The van der Waals surface area contributed by atoms with Gasteiger partial charge in [-0.3, -0.25) is 9.59 Å². The minimum absolute atomic E-state index is 0.0598. The molecule has 0 saturated heterocycles. The Labute approximate surface area is 213 Å². The molecule has 3 aromatic rings. The van der Waals surface area contributed by atoms with Crippen molar-refractivity contribution in [1.29, 1.82) is 0 Å². The van der Waals surface area contributed by atoms with E-state index in [2.05, 4.69) is 10.6 Å². The van der Waals surface area contributed by atoms with Gasteiger partial charge in [0.25, 0.3) is 0 Å². The van der Waals surface area contributed by atoms with E-state index in [1.807, 2.05) is 43.3 Å². The quantitative estimate of drug-likeness (QED) is 0.306. The number of hydrogen-bond acceptors (Lipinski definition) is 3. The number of anilines is 3. The second-order valence-electron chi connectivity index (χ2n) is 8.82. The number of allylic oxidation sites excluding steroid dienone is 2. The highest BCUT2D eigenvalue weighted by atomic mass is 19.4. The monoisotopic (exact) mass is 505 g/mol. The molecule has 0 atom stereocenters. The molecule has 8 heteroatoms. The number of rotatable bonds is 6. The molecule has 2 amide bonds. The molecule has 0 radical (unpaired) electrons. The topological polar surface area (TPSA) is 61.4 Å². The number of hydrogen-bond donors (Lipinski definition) is 2. The van der Waals surface area contributed by atoms with Crippen LogP contribution in [0.1, 0.15) is 28.7 Å². The van der Waals surface area contributed by atoms with Crippen molar-refractivity contribution in [3.05, 3.63) is 107 Å². The number of carbonyl (C=O) groups is 2. The van der Waals surface area contributed by atoms with Crippen molar-refractivity contribution < 1.29 is 22.8 Å². The molecule has 0 aromatic heterocycles. The predicted molar refractivity (Wildman–Crippen MR) is 140 cm³/mol. The molecule has 0 spiro atoms. The van der Waals surface area contributed by atoms with E-state index in [9.17, 15) is 22.8 Å². The first-order chi connectivity index (χ1) is 17.6. The molecule has 2 N–H and O–H groups in total. The highest BCUT2D eigenvalue weighted by Gasteiger charge is 2.30. The average molecular weight is 506 g/mol. The van der Waals surface area contributed by atoms with Crippen molar-refractivity contribution in [1.82, 2.24) is 0 Å². The molecule has 37 heavy (non-hydrogen) atoms. The number of amides is 2. The average Bonchev–Trinajstić information content (AvgIpc) is 2.86. The third-order valence-electron chi connectivity index (χ3n) is 6.04. The summed E-state index contributed by atoms with van der Waals surface area (Å²) in [6.07, 6.45) is 1.09. The smallest absolute Gasteiger partial charge is 0.378 e. The van der Waals surface area contributed by atoms with Gasteiger partial charge in [0.2, 0.25) is 11.8 Å². The van der Waals surface area contributed by atoms with E-state index in [0.29, 0.717) is 35.4 Å². The van der Waals surface area contributed by atoms with Crippen LogP contribution in [0, 0.1) is 0 Å². The van der Waals surface area contributed by atoms with Crippen LogP contribution in [0.4, 0.5) is 30.2 Å². The molecule has 0 saturated carbocycles. The summed E-state index contributed by atoms with van der Waals surface area (Å²) in [5.74, 6) is -0.424. The van der Waals surface area contributed by atoms with Crippen LogP contribution in [-0.2, 0) is 22.2 Å². The zero-order chi connectivity index (χ0) is 26.6. The molecule has 0 aliphatic carbocycles. The van der Waals surface area contributed by atoms with Gasteiger partial charge in [-0.2, -0.15) is 13.2 Å². The summed E-state index contributed by atoms with van der Waals surface area (Å²) in [5, 5.41) is 5.65. The molecule has 4 rings (SSSR count). The Hall–Kier alpha value is -4.33. The maximum atomic E-state index is 13.1. The minimum Gasteiger partial charge on any atom is -0.378 e. The van der Waals surface area contributed by atoms with Gasteiger partial charge in [0.15, 0.2) is 0 Å². The first-order valence-corrected chi connectivity index (χ1v) is 11.7. The highest BCUT2D eigenvalue weighted by molar-refractivity contribution is 6.02. The van der Waals surface area contributed by atoms with Crippen molar-refractivity contribution in [2.45, 2.75) is 19.0 Å². The third-order valence-corrected chi connectivity index (χ3v) is 6.04. The summed E-state index contributed by atoms with van der Waals surface area (Å²) in [5.41, 5.74) is 4.48. The fourth-order valence-corrected chi connectivity index (χ4v) is 4.08. The van der Waals surface area contributed by atoms with Crippen molar-refractivity contribution in [3.63, 3.8) is 0 Å². The lowest BCUT2D eigenvalue weighted by atomic mass is 9.96. The fourth-order valence-electron chi connectivity index (χ4n) is 4.08. The number of benzene rings is 3. The number of fused-ring (bicyclic) bond motifs is 1. The first-order valence-electron chi connectivity index (χ1n) is 11.7. The van der Waals surface area contributed by atoms with Crippen LogP contribution in [0.5, 0.6) is 0 Å². The largest absolute Gasteiger partial charge is 0.416 e. The summed E-state index contributed by atoms with van der Waals surface area (Å²) >= 11 is 0. The Balaban J connectivity index is 1.59. The second kappa shape index (κ2) is 10.7. The van der Waals surface area contributed by atoms with Crippen LogP contribution in [-0.4, -0.2) is 25.9 Å². The molecule has 0 fully saturated rings. The van der Waals surface area contributed by atoms with Gasteiger partial charge in [-0.15, -0.1) is 0 Å². The Morgan fingerprint density at radius 2 is 1.59 bits per heavy atom. The molecular formula is C29H26F3N3O2. The Morgan fingerprint density at radius 3 is 2.22 bits per heavy atom. The first kappa shape index (κ1) is 25.8. The van der Waals surface area contributed by atoms with Gasteiger partial charge < -0.3 is 15.5 Å². The van der Waals surface area contributed by atoms with Crippen LogP contribution >= 0.6 is 0 Å². The minimum atomic E-state index is -4.42. The van der Waals surface area contributed by atoms with Gasteiger partial charge in [0.05, 0.1) is 5.56 Å². The summed E-state index contributed by atoms with van der Waals surface area (Å²) in [6.45, 7) is 0. The molecule has 3 aromatic carbocycles.